The first-order chi connectivity index (χ1) is 13.1. The Bertz CT molecular complexity index is 807. The highest BCUT2D eigenvalue weighted by Crippen LogP contribution is 2.20. The number of amides is 2. The van der Waals surface area contributed by atoms with Crippen molar-refractivity contribution in [1.82, 2.24) is 9.80 Å². The van der Waals surface area contributed by atoms with Crippen molar-refractivity contribution in [1.29, 1.82) is 0 Å². The Hall–Kier alpha value is -2.34. The summed E-state index contributed by atoms with van der Waals surface area (Å²) in [6.07, 6.45) is 0.763. The number of hydrogen-bond donors (Lipinski definition) is 0. The second-order valence-electron chi connectivity index (χ2n) is 6.38. The number of rotatable bonds is 4. The Morgan fingerprint density at radius 2 is 1.56 bits per heavy atom. The Labute approximate surface area is 168 Å². The van der Waals surface area contributed by atoms with E-state index < -0.39 is 0 Å². The third-order valence-electron chi connectivity index (χ3n) is 4.59. The minimum atomic E-state index is -0.00626. The summed E-state index contributed by atoms with van der Waals surface area (Å²) in [6.45, 7) is 4.88. The van der Waals surface area contributed by atoms with Gasteiger partial charge in [-0.3, -0.25) is 9.59 Å². The fourth-order valence-corrected chi connectivity index (χ4v) is 3.63. The molecule has 1 aliphatic rings. The molecule has 0 radical (unpaired) electrons. The lowest BCUT2D eigenvalue weighted by molar-refractivity contribution is 0.0718. The van der Waals surface area contributed by atoms with Crippen LogP contribution in [0.3, 0.4) is 0 Å². The van der Waals surface area contributed by atoms with Crippen LogP contribution < -0.4 is 4.74 Å². The summed E-state index contributed by atoms with van der Waals surface area (Å²) in [6, 6.07) is 14.7. The van der Waals surface area contributed by atoms with Crippen LogP contribution in [0.4, 0.5) is 0 Å². The number of benzene rings is 2. The van der Waals surface area contributed by atoms with Gasteiger partial charge in [-0.05, 0) is 65.7 Å². The van der Waals surface area contributed by atoms with Crippen LogP contribution in [0.5, 0.6) is 5.75 Å². The van der Waals surface area contributed by atoms with Crippen molar-refractivity contribution in [3.63, 3.8) is 0 Å². The standard InChI is InChI=1S/C21H23BrN2O3/c1-2-27-17-10-8-16(9-11-17)20(25)23-12-5-13-24(15-14-23)21(26)18-6-3-4-7-19(18)22/h3-4,6-11H,2,5,12-15H2,1H3. The van der Waals surface area contributed by atoms with E-state index in [4.69, 9.17) is 4.74 Å². The molecule has 2 amide bonds. The molecule has 27 heavy (non-hydrogen) atoms. The van der Waals surface area contributed by atoms with Gasteiger partial charge >= 0.3 is 0 Å². The van der Waals surface area contributed by atoms with E-state index in [0.29, 0.717) is 43.9 Å². The average molecular weight is 431 g/mol. The van der Waals surface area contributed by atoms with Crippen molar-refractivity contribution in [2.75, 3.05) is 32.8 Å². The molecule has 0 bridgehead atoms. The average Bonchev–Trinajstić information content (AvgIpc) is 2.94. The highest BCUT2D eigenvalue weighted by molar-refractivity contribution is 9.10. The minimum absolute atomic E-state index is 0.00200. The van der Waals surface area contributed by atoms with E-state index in [1.54, 1.807) is 12.1 Å². The second kappa shape index (κ2) is 9.04. The summed E-state index contributed by atoms with van der Waals surface area (Å²) in [4.78, 5) is 29.2. The van der Waals surface area contributed by atoms with Crippen LogP contribution in [0.25, 0.3) is 0 Å². The molecule has 6 heteroatoms. The molecular formula is C21H23BrN2O3. The largest absolute Gasteiger partial charge is 0.494 e. The van der Waals surface area contributed by atoms with E-state index in [2.05, 4.69) is 15.9 Å². The molecule has 2 aromatic rings. The predicted molar refractivity (Wildman–Crippen MR) is 108 cm³/mol. The fourth-order valence-electron chi connectivity index (χ4n) is 3.17. The Balaban J connectivity index is 1.65. The highest BCUT2D eigenvalue weighted by atomic mass is 79.9. The summed E-state index contributed by atoms with van der Waals surface area (Å²) in [5, 5.41) is 0. The third-order valence-corrected chi connectivity index (χ3v) is 5.28. The van der Waals surface area contributed by atoms with Crippen molar-refractivity contribution in [3.8, 4) is 5.75 Å². The van der Waals surface area contributed by atoms with Gasteiger partial charge in [0.1, 0.15) is 5.75 Å². The maximum absolute atomic E-state index is 12.8. The van der Waals surface area contributed by atoms with Gasteiger partial charge in [-0.15, -0.1) is 0 Å². The third kappa shape index (κ3) is 4.69. The van der Waals surface area contributed by atoms with Crippen LogP contribution in [0, 0.1) is 0 Å². The van der Waals surface area contributed by atoms with E-state index in [-0.39, 0.29) is 11.8 Å². The number of carbonyl (C=O) groups is 2. The van der Waals surface area contributed by atoms with Crippen molar-refractivity contribution >= 4 is 27.7 Å². The maximum Gasteiger partial charge on any atom is 0.255 e. The molecule has 3 rings (SSSR count). The molecule has 1 saturated heterocycles. The minimum Gasteiger partial charge on any atom is -0.494 e. The summed E-state index contributed by atoms with van der Waals surface area (Å²) in [5.74, 6) is 0.751. The molecule has 1 fully saturated rings. The van der Waals surface area contributed by atoms with Crippen LogP contribution in [0.15, 0.2) is 53.0 Å². The monoisotopic (exact) mass is 430 g/mol. The number of halogens is 1. The van der Waals surface area contributed by atoms with Crippen molar-refractivity contribution in [3.05, 3.63) is 64.1 Å². The summed E-state index contributed by atoms with van der Waals surface area (Å²) in [7, 11) is 0. The number of hydrogen-bond acceptors (Lipinski definition) is 3. The molecule has 0 aromatic heterocycles. The summed E-state index contributed by atoms with van der Waals surface area (Å²) < 4.78 is 6.22. The smallest absolute Gasteiger partial charge is 0.255 e. The fraction of sp³-hybridized carbons (Fsp3) is 0.333. The normalized spacial score (nSPS) is 14.6. The highest BCUT2D eigenvalue weighted by Gasteiger charge is 2.24. The second-order valence-corrected chi connectivity index (χ2v) is 7.23. The zero-order valence-electron chi connectivity index (χ0n) is 15.4. The van der Waals surface area contributed by atoms with Crippen molar-refractivity contribution in [2.24, 2.45) is 0 Å². The molecule has 0 saturated carbocycles. The van der Waals surface area contributed by atoms with E-state index in [9.17, 15) is 9.59 Å². The van der Waals surface area contributed by atoms with E-state index in [1.807, 2.05) is 53.1 Å². The van der Waals surface area contributed by atoms with E-state index >= 15 is 0 Å². The topological polar surface area (TPSA) is 49.9 Å². The lowest BCUT2D eigenvalue weighted by Crippen LogP contribution is -2.37. The molecule has 142 valence electrons. The van der Waals surface area contributed by atoms with Gasteiger partial charge in [0.05, 0.1) is 12.2 Å². The first-order valence-corrected chi connectivity index (χ1v) is 9.95. The molecule has 0 spiro atoms. The van der Waals surface area contributed by atoms with Crippen LogP contribution in [0.1, 0.15) is 34.1 Å². The van der Waals surface area contributed by atoms with E-state index in [0.717, 1.165) is 16.6 Å². The van der Waals surface area contributed by atoms with Gasteiger partial charge in [0.2, 0.25) is 0 Å². The molecule has 0 N–H and O–H groups in total. The molecule has 0 unspecified atom stereocenters. The Morgan fingerprint density at radius 3 is 2.19 bits per heavy atom. The van der Waals surface area contributed by atoms with Crippen molar-refractivity contribution < 1.29 is 14.3 Å². The zero-order chi connectivity index (χ0) is 19.2. The SMILES string of the molecule is CCOc1ccc(C(=O)N2CCCN(C(=O)c3ccccc3Br)CC2)cc1. The summed E-state index contributed by atoms with van der Waals surface area (Å²) in [5.41, 5.74) is 1.30. The summed E-state index contributed by atoms with van der Waals surface area (Å²) >= 11 is 3.44. The molecule has 0 atom stereocenters. The molecule has 5 nitrogen and oxygen atoms in total. The van der Waals surface area contributed by atoms with Gasteiger partial charge in [0.25, 0.3) is 11.8 Å². The Morgan fingerprint density at radius 1 is 0.926 bits per heavy atom. The van der Waals surface area contributed by atoms with Crippen LogP contribution in [0.2, 0.25) is 0 Å². The van der Waals surface area contributed by atoms with Gasteiger partial charge < -0.3 is 14.5 Å². The first kappa shape index (κ1) is 19.4. The van der Waals surface area contributed by atoms with Gasteiger partial charge in [-0.25, -0.2) is 0 Å². The maximum atomic E-state index is 12.8. The van der Waals surface area contributed by atoms with Crippen LogP contribution >= 0.6 is 15.9 Å². The Kier molecular flexibility index (Phi) is 6.50. The quantitative estimate of drug-likeness (QED) is 0.740. The lowest BCUT2D eigenvalue weighted by Gasteiger charge is -2.22. The van der Waals surface area contributed by atoms with Crippen LogP contribution in [-0.2, 0) is 0 Å². The molecule has 2 aromatic carbocycles. The van der Waals surface area contributed by atoms with Gasteiger partial charge in [-0.1, -0.05) is 12.1 Å². The molecule has 1 heterocycles. The molecule has 1 aliphatic heterocycles. The van der Waals surface area contributed by atoms with Gasteiger partial charge in [-0.2, -0.15) is 0 Å². The molecule has 0 aliphatic carbocycles. The predicted octanol–water partition coefficient (Wildman–Crippen LogP) is 3.84. The lowest BCUT2D eigenvalue weighted by atomic mass is 10.2. The van der Waals surface area contributed by atoms with Crippen molar-refractivity contribution in [2.45, 2.75) is 13.3 Å². The van der Waals surface area contributed by atoms with E-state index in [1.165, 1.54) is 0 Å². The van der Waals surface area contributed by atoms with Gasteiger partial charge in [0, 0.05) is 36.2 Å². The zero-order valence-corrected chi connectivity index (χ0v) is 16.9. The number of carbonyl (C=O) groups excluding carboxylic acids is 2. The number of ether oxygens (including phenoxy) is 1. The van der Waals surface area contributed by atoms with Crippen LogP contribution in [-0.4, -0.2) is 54.4 Å². The van der Waals surface area contributed by atoms with Gasteiger partial charge in [0.15, 0.2) is 0 Å². The molecular weight excluding hydrogens is 408 g/mol. The first-order valence-electron chi connectivity index (χ1n) is 9.16. The number of nitrogens with zero attached hydrogens (tertiary/aromatic N) is 2.